The highest BCUT2D eigenvalue weighted by atomic mass is 35.5. The van der Waals surface area contributed by atoms with Gasteiger partial charge in [-0.05, 0) is 49.4 Å². The molecule has 34 heavy (non-hydrogen) atoms. The number of carbonyl (C=O) groups excluding carboxylic acids is 1. The molecule has 1 aromatic heterocycles. The van der Waals surface area contributed by atoms with Crippen molar-refractivity contribution in [3.05, 3.63) is 51.9 Å². The van der Waals surface area contributed by atoms with Crippen LogP contribution in [0.25, 0.3) is 0 Å². The highest BCUT2D eigenvalue weighted by Crippen LogP contribution is 2.38. The second-order valence-electron chi connectivity index (χ2n) is 9.26. The number of rotatable bonds is 4. The average Bonchev–Trinajstić information content (AvgIpc) is 3.42. The molecule has 2 aliphatic heterocycles. The van der Waals surface area contributed by atoms with Crippen molar-refractivity contribution in [2.24, 2.45) is 4.99 Å². The minimum atomic E-state index is -1.16. The van der Waals surface area contributed by atoms with E-state index in [2.05, 4.69) is 20.3 Å². The molecule has 0 unspecified atom stereocenters. The molecule has 1 aromatic carbocycles. The number of aryl methyl sites for hydroxylation is 1. The minimum absolute atomic E-state index is 0.0339. The first-order valence-electron chi connectivity index (χ1n) is 11.6. The molecule has 2 aromatic rings. The van der Waals surface area contributed by atoms with Gasteiger partial charge in [-0.1, -0.05) is 17.7 Å². The molecule has 1 saturated carbocycles. The Labute approximate surface area is 201 Å². The normalized spacial score (nSPS) is 28.6. The molecule has 3 aliphatic rings. The molecule has 10 heteroatoms. The third-order valence-electron chi connectivity index (χ3n) is 7.01. The second kappa shape index (κ2) is 9.20. The Morgan fingerprint density at radius 1 is 1.26 bits per heavy atom. The number of fused-ring (bicyclic) bond motifs is 1. The van der Waals surface area contributed by atoms with Gasteiger partial charge in [-0.25, -0.2) is 14.4 Å². The van der Waals surface area contributed by atoms with Crippen molar-refractivity contribution in [2.75, 3.05) is 11.9 Å². The van der Waals surface area contributed by atoms with E-state index in [-0.39, 0.29) is 31.1 Å². The van der Waals surface area contributed by atoms with E-state index in [1.165, 1.54) is 11.2 Å². The molecule has 5 rings (SSSR count). The topological polar surface area (TPSA) is 111 Å². The summed E-state index contributed by atoms with van der Waals surface area (Å²) in [6, 6.07) is 4.56. The first kappa shape index (κ1) is 23.1. The van der Waals surface area contributed by atoms with Crippen LogP contribution in [0.4, 0.5) is 10.2 Å². The largest absolute Gasteiger partial charge is 0.390 e. The molecule has 0 spiro atoms. The fourth-order valence-electron chi connectivity index (χ4n) is 5.21. The van der Waals surface area contributed by atoms with Crippen LogP contribution in [0.2, 0.25) is 5.02 Å². The number of nitrogens with one attached hydrogen (secondary N) is 1. The second-order valence-corrected chi connectivity index (χ2v) is 9.69. The van der Waals surface area contributed by atoms with Crippen LogP contribution < -0.4 is 5.32 Å². The molecule has 1 amide bonds. The van der Waals surface area contributed by atoms with Gasteiger partial charge in [0.15, 0.2) is 0 Å². The van der Waals surface area contributed by atoms with Crippen LogP contribution in [0.5, 0.6) is 0 Å². The molecule has 5 atom stereocenters. The standard InChI is InChI=1S/C24H27ClFN5O3/c1-12-5-6-13(25)7-15(12)18-8-14(26)10-31(18)24(34)21-20-17(9-27-21)28-11-29-23(20)30-16-3-2-4-19(32)22(16)33/h5-7,11,14,16,18-19,22,32-33H,2-4,8-10H2,1H3,(H,28,29,30)/t14-,16+,18+,19+,22-/m0/s1. The lowest BCUT2D eigenvalue weighted by molar-refractivity contribution is -0.125. The highest BCUT2D eigenvalue weighted by Gasteiger charge is 2.41. The predicted molar refractivity (Wildman–Crippen MR) is 126 cm³/mol. The number of hydrogen-bond acceptors (Lipinski definition) is 7. The lowest BCUT2D eigenvalue weighted by Crippen LogP contribution is -2.46. The number of aliphatic hydroxyl groups excluding tert-OH is 2. The number of benzene rings is 1. The Hall–Kier alpha value is -2.62. The van der Waals surface area contributed by atoms with E-state index in [1.807, 2.05) is 13.0 Å². The number of nitrogens with zero attached hydrogens (tertiary/aromatic N) is 4. The lowest BCUT2D eigenvalue weighted by atomic mass is 9.90. The van der Waals surface area contributed by atoms with Crippen molar-refractivity contribution >= 4 is 29.0 Å². The maximum Gasteiger partial charge on any atom is 0.273 e. The van der Waals surface area contributed by atoms with E-state index in [0.29, 0.717) is 34.9 Å². The molecule has 2 fully saturated rings. The molecule has 3 heterocycles. The number of anilines is 1. The van der Waals surface area contributed by atoms with Gasteiger partial charge in [0, 0.05) is 11.4 Å². The number of likely N-dealkylation sites (tertiary alicyclic amines) is 1. The summed E-state index contributed by atoms with van der Waals surface area (Å²) < 4.78 is 14.6. The van der Waals surface area contributed by atoms with Gasteiger partial charge in [-0.15, -0.1) is 0 Å². The molecule has 0 bridgehead atoms. The summed E-state index contributed by atoms with van der Waals surface area (Å²) in [7, 11) is 0. The zero-order valence-corrected chi connectivity index (χ0v) is 19.5. The van der Waals surface area contributed by atoms with Gasteiger partial charge in [0.25, 0.3) is 5.91 Å². The Bertz CT molecular complexity index is 1150. The number of alkyl halides is 1. The zero-order chi connectivity index (χ0) is 24.0. The van der Waals surface area contributed by atoms with Gasteiger partial charge < -0.3 is 20.4 Å². The maximum absolute atomic E-state index is 14.6. The molecule has 1 aliphatic carbocycles. The van der Waals surface area contributed by atoms with Crippen LogP contribution in [0, 0.1) is 6.92 Å². The zero-order valence-electron chi connectivity index (χ0n) is 18.8. The van der Waals surface area contributed by atoms with E-state index in [9.17, 15) is 19.4 Å². The van der Waals surface area contributed by atoms with Gasteiger partial charge in [0.1, 0.15) is 24.0 Å². The van der Waals surface area contributed by atoms with Crippen molar-refractivity contribution in [1.82, 2.24) is 14.9 Å². The Morgan fingerprint density at radius 2 is 2.09 bits per heavy atom. The number of aliphatic hydroxyl groups is 2. The van der Waals surface area contributed by atoms with Crippen LogP contribution in [-0.4, -0.2) is 67.7 Å². The molecule has 1 saturated heterocycles. The van der Waals surface area contributed by atoms with Gasteiger partial charge in [0.05, 0.1) is 48.6 Å². The smallest absolute Gasteiger partial charge is 0.273 e. The Kier molecular flexibility index (Phi) is 6.26. The van der Waals surface area contributed by atoms with Gasteiger partial charge in [-0.2, -0.15) is 0 Å². The fourth-order valence-corrected chi connectivity index (χ4v) is 5.39. The number of aliphatic imine (C=N–C) groups is 1. The van der Waals surface area contributed by atoms with E-state index >= 15 is 0 Å². The number of carbonyl (C=O) groups is 1. The highest BCUT2D eigenvalue weighted by molar-refractivity contribution is 6.47. The van der Waals surface area contributed by atoms with Gasteiger partial charge in [0.2, 0.25) is 0 Å². The van der Waals surface area contributed by atoms with Gasteiger partial charge >= 0.3 is 0 Å². The monoisotopic (exact) mass is 487 g/mol. The SMILES string of the molecule is Cc1ccc(Cl)cc1[C@H]1C[C@H](F)CN1C(=O)C1=NCc2ncnc(N[C@@H]3CCC[C@@H](O)[C@H]3O)c21. The van der Waals surface area contributed by atoms with Crippen molar-refractivity contribution in [3.8, 4) is 0 Å². The van der Waals surface area contributed by atoms with Crippen LogP contribution in [0.15, 0.2) is 29.5 Å². The number of aromatic nitrogens is 2. The van der Waals surface area contributed by atoms with E-state index in [1.54, 1.807) is 12.1 Å². The average molecular weight is 488 g/mol. The summed E-state index contributed by atoms with van der Waals surface area (Å²) >= 11 is 6.20. The van der Waals surface area contributed by atoms with Crippen LogP contribution in [0.3, 0.4) is 0 Å². The van der Waals surface area contributed by atoms with Crippen molar-refractivity contribution in [3.63, 3.8) is 0 Å². The third-order valence-corrected chi connectivity index (χ3v) is 7.24. The summed E-state index contributed by atoms with van der Waals surface area (Å²) in [6.45, 7) is 2.10. The molecular formula is C24H27ClFN5O3. The van der Waals surface area contributed by atoms with Crippen LogP contribution in [-0.2, 0) is 11.3 Å². The van der Waals surface area contributed by atoms with E-state index < -0.39 is 30.5 Å². The van der Waals surface area contributed by atoms with Crippen LogP contribution >= 0.6 is 11.6 Å². The van der Waals surface area contributed by atoms with Crippen molar-refractivity contribution in [1.29, 1.82) is 0 Å². The first-order chi connectivity index (χ1) is 16.3. The maximum atomic E-state index is 14.6. The van der Waals surface area contributed by atoms with E-state index in [0.717, 1.165) is 17.5 Å². The lowest BCUT2D eigenvalue weighted by Gasteiger charge is -2.33. The van der Waals surface area contributed by atoms with Crippen LogP contribution in [0.1, 0.15) is 54.1 Å². The Balaban J connectivity index is 1.45. The molecule has 8 nitrogen and oxygen atoms in total. The van der Waals surface area contributed by atoms with Crippen molar-refractivity contribution < 1.29 is 19.4 Å². The number of hydrogen-bond donors (Lipinski definition) is 3. The summed E-state index contributed by atoms with van der Waals surface area (Å²) in [5.74, 6) is 0.00424. The molecule has 3 N–H and O–H groups in total. The minimum Gasteiger partial charge on any atom is -0.390 e. The summed E-state index contributed by atoms with van der Waals surface area (Å²) in [5, 5.41) is 24.2. The summed E-state index contributed by atoms with van der Waals surface area (Å²) in [4.78, 5) is 28.3. The van der Waals surface area contributed by atoms with E-state index in [4.69, 9.17) is 11.6 Å². The third kappa shape index (κ3) is 4.16. The number of amides is 1. The quantitative estimate of drug-likeness (QED) is 0.611. The summed E-state index contributed by atoms with van der Waals surface area (Å²) in [6.07, 6.45) is 0.616. The summed E-state index contributed by atoms with van der Waals surface area (Å²) in [5.41, 5.74) is 3.01. The first-order valence-corrected chi connectivity index (χ1v) is 11.9. The Morgan fingerprint density at radius 3 is 2.91 bits per heavy atom. The molecule has 180 valence electrons. The van der Waals surface area contributed by atoms with Gasteiger partial charge in [-0.3, -0.25) is 9.79 Å². The molecular weight excluding hydrogens is 461 g/mol. The predicted octanol–water partition coefficient (Wildman–Crippen LogP) is 2.74. The fraction of sp³-hybridized carbons (Fsp3) is 0.500. The number of halogens is 2. The molecule has 0 radical (unpaired) electrons. The van der Waals surface area contributed by atoms with Crippen molar-refractivity contribution in [2.45, 2.75) is 69.6 Å².